The number of fused-ring (bicyclic) bond motifs is 1. The molecule has 0 aliphatic rings. The summed E-state index contributed by atoms with van der Waals surface area (Å²) < 4.78 is 33.6. The number of hydrogen-bond acceptors (Lipinski definition) is 6. The van der Waals surface area contributed by atoms with Gasteiger partial charge in [-0.1, -0.05) is 11.3 Å². The van der Waals surface area contributed by atoms with E-state index < -0.39 is 10.0 Å². The summed E-state index contributed by atoms with van der Waals surface area (Å²) in [5, 5.41) is 2.82. The summed E-state index contributed by atoms with van der Waals surface area (Å²) in [7, 11) is 2.55. The molecular formula is C20H23N3O5S2. The molecule has 3 rings (SSSR count). The fraction of sp³-hybridized carbons (Fsp3) is 0.300. The number of benzene rings is 2. The summed E-state index contributed by atoms with van der Waals surface area (Å²) in [5.74, 6) is 0.302. The number of rotatable bonds is 7. The monoisotopic (exact) mass is 449 g/mol. The van der Waals surface area contributed by atoms with Crippen LogP contribution in [0.4, 0.5) is 5.69 Å². The quantitative estimate of drug-likeness (QED) is 0.597. The first-order valence-electron chi connectivity index (χ1n) is 9.12. The van der Waals surface area contributed by atoms with Gasteiger partial charge < -0.3 is 14.6 Å². The van der Waals surface area contributed by atoms with Gasteiger partial charge in [-0.3, -0.25) is 9.59 Å². The van der Waals surface area contributed by atoms with Gasteiger partial charge in [-0.25, -0.2) is 12.7 Å². The maximum absolute atomic E-state index is 12.4. The Bertz CT molecular complexity index is 1260. The van der Waals surface area contributed by atoms with Gasteiger partial charge in [0.2, 0.25) is 15.9 Å². The lowest BCUT2D eigenvalue weighted by molar-refractivity contribution is -0.116. The van der Waals surface area contributed by atoms with Crippen molar-refractivity contribution in [1.82, 2.24) is 8.87 Å². The van der Waals surface area contributed by atoms with Gasteiger partial charge in [0.1, 0.15) is 5.75 Å². The van der Waals surface area contributed by atoms with Crippen molar-refractivity contribution < 1.29 is 17.9 Å². The number of amides is 1. The van der Waals surface area contributed by atoms with Crippen LogP contribution in [0.1, 0.15) is 12.0 Å². The van der Waals surface area contributed by atoms with E-state index in [1.807, 2.05) is 0 Å². The highest BCUT2D eigenvalue weighted by atomic mass is 32.2. The minimum absolute atomic E-state index is 0.0619. The average Bonchev–Trinajstić information content (AvgIpc) is 2.99. The van der Waals surface area contributed by atoms with E-state index in [0.717, 1.165) is 25.9 Å². The normalized spacial score (nSPS) is 11.8. The van der Waals surface area contributed by atoms with Gasteiger partial charge in [-0.05, 0) is 48.4 Å². The van der Waals surface area contributed by atoms with Crippen LogP contribution in [0.15, 0.2) is 46.1 Å². The third-order valence-electron chi connectivity index (χ3n) is 4.73. The summed E-state index contributed by atoms with van der Waals surface area (Å²) in [6, 6.07) is 9.92. The summed E-state index contributed by atoms with van der Waals surface area (Å²) in [5.41, 5.74) is 2.05. The summed E-state index contributed by atoms with van der Waals surface area (Å²) in [6.45, 7) is 0. The minimum atomic E-state index is -3.58. The highest BCUT2D eigenvalue weighted by molar-refractivity contribution is 7.89. The van der Waals surface area contributed by atoms with E-state index >= 15 is 0 Å². The molecule has 1 heterocycles. The number of sulfonamides is 1. The molecule has 0 fully saturated rings. The van der Waals surface area contributed by atoms with E-state index in [1.54, 1.807) is 35.9 Å². The van der Waals surface area contributed by atoms with Gasteiger partial charge in [-0.2, -0.15) is 0 Å². The van der Waals surface area contributed by atoms with Crippen LogP contribution in [0, 0.1) is 0 Å². The van der Waals surface area contributed by atoms with Crippen LogP contribution in [0.25, 0.3) is 10.2 Å². The molecule has 0 aliphatic carbocycles. The lowest BCUT2D eigenvalue weighted by Crippen LogP contribution is -2.22. The fourth-order valence-corrected chi connectivity index (χ4v) is 4.88. The molecule has 10 heteroatoms. The Balaban J connectivity index is 1.74. The predicted molar refractivity (Wildman–Crippen MR) is 118 cm³/mol. The Kier molecular flexibility index (Phi) is 6.30. The average molecular weight is 450 g/mol. The standard InChI is InChI=1S/C20H23N3O5S2/c1-22(2)30(26,27)15-7-9-17(28-4)13(11-15)5-10-19(24)21-14-6-8-16-18(12-14)29-20(25)23(16)3/h6-9,11-12H,5,10H2,1-4H3,(H,21,24). The van der Waals surface area contributed by atoms with E-state index in [1.165, 1.54) is 33.3 Å². The Morgan fingerprint density at radius 1 is 1.20 bits per heavy atom. The van der Waals surface area contributed by atoms with Crippen molar-refractivity contribution >= 4 is 43.2 Å². The first kappa shape index (κ1) is 22.0. The number of anilines is 1. The van der Waals surface area contributed by atoms with Crippen LogP contribution < -0.4 is 14.9 Å². The van der Waals surface area contributed by atoms with Crippen LogP contribution in [-0.4, -0.2) is 44.4 Å². The lowest BCUT2D eigenvalue weighted by atomic mass is 10.1. The lowest BCUT2D eigenvalue weighted by Gasteiger charge is -2.14. The van der Waals surface area contributed by atoms with Gasteiger partial charge in [0.25, 0.3) is 0 Å². The highest BCUT2D eigenvalue weighted by Crippen LogP contribution is 2.26. The first-order valence-corrected chi connectivity index (χ1v) is 11.4. The number of nitrogens with zero attached hydrogens (tertiary/aromatic N) is 2. The van der Waals surface area contributed by atoms with E-state index in [0.29, 0.717) is 23.4 Å². The molecule has 30 heavy (non-hydrogen) atoms. The summed E-state index contributed by atoms with van der Waals surface area (Å²) in [4.78, 5) is 24.3. The predicted octanol–water partition coefficient (Wildman–Crippen LogP) is 2.43. The zero-order valence-corrected chi connectivity index (χ0v) is 18.8. The van der Waals surface area contributed by atoms with Crippen molar-refractivity contribution in [2.75, 3.05) is 26.5 Å². The number of hydrogen-bond donors (Lipinski definition) is 1. The molecule has 2 aromatic carbocycles. The van der Waals surface area contributed by atoms with Crippen molar-refractivity contribution in [1.29, 1.82) is 0 Å². The Morgan fingerprint density at radius 2 is 1.93 bits per heavy atom. The number of carbonyl (C=O) groups is 1. The molecule has 1 N–H and O–H groups in total. The number of thiazole rings is 1. The Labute approximate surface area is 178 Å². The molecule has 0 saturated carbocycles. The molecule has 0 unspecified atom stereocenters. The van der Waals surface area contributed by atoms with Crippen LogP contribution >= 0.6 is 11.3 Å². The molecule has 1 amide bonds. The number of methoxy groups -OCH3 is 1. The zero-order valence-electron chi connectivity index (χ0n) is 17.1. The number of carbonyl (C=O) groups excluding carboxylic acids is 1. The third-order valence-corrected chi connectivity index (χ3v) is 7.53. The maximum Gasteiger partial charge on any atom is 0.307 e. The van der Waals surface area contributed by atoms with Gasteiger partial charge in [0.15, 0.2) is 0 Å². The molecule has 8 nitrogen and oxygen atoms in total. The Morgan fingerprint density at radius 3 is 2.60 bits per heavy atom. The molecule has 3 aromatic rings. The van der Waals surface area contributed by atoms with E-state index in [2.05, 4.69) is 5.32 Å². The molecule has 0 atom stereocenters. The van der Waals surface area contributed by atoms with Gasteiger partial charge in [-0.15, -0.1) is 0 Å². The van der Waals surface area contributed by atoms with Gasteiger partial charge in [0, 0.05) is 33.3 Å². The van der Waals surface area contributed by atoms with E-state index in [9.17, 15) is 18.0 Å². The molecule has 0 bridgehead atoms. The van der Waals surface area contributed by atoms with Crippen LogP contribution in [-0.2, 0) is 28.3 Å². The first-order chi connectivity index (χ1) is 14.1. The number of aryl methyl sites for hydroxylation is 2. The van der Waals surface area contributed by atoms with Crippen molar-refractivity contribution in [3.8, 4) is 5.75 Å². The van der Waals surface area contributed by atoms with Crippen molar-refractivity contribution in [3.63, 3.8) is 0 Å². The SMILES string of the molecule is COc1ccc(S(=O)(=O)N(C)C)cc1CCC(=O)Nc1ccc2c(c1)sc(=O)n2C. The second kappa shape index (κ2) is 8.58. The number of nitrogens with one attached hydrogen (secondary N) is 1. The van der Waals surface area contributed by atoms with Crippen LogP contribution in [0.3, 0.4) is 0 Å². The maximum atomic E-state index is 12.4. The highest BCUT2D eigenvalue weighted by Gasteiger charge is 2.19. The van der Waals surface area contributed by atoms with Gasteiger partial charge in [0.05, 0.1) is 22.2 Å². The summed E-state index contributed by atoms with van der Waals surface area (Å²) in [6.07, 6.45) is 0.456. The van der Waals surface area contributed by atoms with Gasteiger partial charge >= 0.3 is 4.87 Å². The zero-order chi connectivity index (χ0) is 22.1. The smallest absolute Gasteiger partial charge is 0.307 e. The van der Waals surface area contributed by atoms with Crippen molar-refractivity contribution in [2.24, 2.45) is 7.05 Å². The Hall–Kier alpha value is -2.69. The number of ether oxygens (including phenoxy) is 1. The third kappa shape index (κ3) is 4.40. The fourth-order valence-electron chi connectivity index (χ4n) is 3.00. The topological polar surface area (TPSA) is 97.7 Å². The number of aromatic nitrogens is 1. The molecule has 0 radical (unpaired) electrons. The molecule has 0 spiro atoms. The summed E-state index contributed by atoms with van der Waals surface area (Å²) >= 11 is 1.12. The molecular weight excluding hydrogens is 426 g/mol. The molecule has 1 aromatic heterocycles. The molecule has 0 saturated heterocycles. The van der Waals surface area contributed by atoms with Crippen LogP contribution in [0.5, 0.6) is 5.75 Å². The molecule has 0 aliphatic heterocycles. The van der Waals surface area contributed by atoms with Crippen molar-refractivity contribution in [2.45, 2.75) is 17.7 Å². The van der Waals surface area contributed by atoms with E-state index in [-0.39, 0.29) is 22.1 Å². The molecule has 160 valence electrons. The second-order valence-electron chi connectivity index (χ2n) is 6.92. The second-order valence-corrected chi connectivity index (χ2v) is 10.1. The minimum Gasteiger partial charge on any atom is -0.496 e. The van der Waals surface area contributed by atoms with Crippen molar-refractivity contribution in [3.05, 3.63) is 51.6 Å². The largest absolute Gasteiger partial charge is 0.496 e. The van der Waals surface area contributed by atoms with Crippen LogP contribution in [0.2, 0.25) is 0 Å². The van der Waals surface area contributed by atoms with E-state index in [4.69, 9.17) is 4.74 Å².